The van der Waals surface area contributed by atoms with Gasteiger partial charge in [0.15, 0.2) is 6.10 Å². The van der Waals surface area contributed by atoms with Gasteiger partial charge in [-0.3, -0.25) is 0 Å². The highest BCUT2D eigenvalue weighted by atomic mass is 19.4. The smallest absolute Gasteiger partial charge is 0.418 e. The van der Waals surface area contributed by atoms with Crippen LogP contribution in [0.25, 0.3) is 0 Å². The summed E-state index contributed by atoms with van der Waals surface area (Å²) >= 11 is 0. The van der Waals surface area contributed by atoms with Crippen molar-refractivity contribution >= 4 is 0 Å². The number of alkyl halides is 3. The van der Waals surface area contributed by atoms with Crippen molar-refractivity contribution in [2.45, 2.75) is 18.4 Å². The number of hydrogen-bond donors (Lipinski definition) is 0. The van der Waals surface area contributed by atoms with E-state index < -0.39 is 23.7 Å². The number of hydrogen-bond acceptors (Lipinski definition) is 3. The Balaban J connectivity index is 2.20. The molecule has 7 heteroatoms. The summed E-state index contributed by atoms with van der Waals surface area (Å²) in [5.74, 6) is -0.869. The monoisotopic (exact) mass is 280 g/mol. The molecule has 0 radical (unpaired) electrons. The van der Waals surface area contributed by atoms with E-state index in [2.05, 4.69) is 0 Å². The number of halogens is 4. The van der Waals surface area contributed by atoms with Crippen molar-refractivity contribution in [3.63, 3.8) is 0 Å². The Morgan fingerprint density at radius 3 is 2.58 bits per heavy atom. The lowest BCUT2D eigenvalue weighted by molar-refractivity contribution is -0.225. The molecule has 1 fully saturated rings. The second kappa shape index (κ2) is 5.34. The Hall–Kier alpha value is -1.34. The lowest BCUT2D eigenvalue weighted by atomic mass is 10.1. The molecule has 3 nitrogen and oxygen atoms in total. The van der Waals surface area contributed by atoms with Crippen LogP contribution in [0.1, 0.15) is 11.7 Å². The van der Waals surface area contributed by atoms with Crippen LogP contribution in [0.2, 0.25) is 0 Å². The Labute approximate surface area is 107 Å². The molecule has 0 aromatic heterocycles. The van der Waals surface area contributed by atoms with Gasteiger partial charge < -0.3 is 14.2 Å². The molecule has 0 aliphatic carbocycles. The molecule has 0 saturated carbocycles. The van der Waals surface area contributed by atoms with Crippen LogP contribution >= 0.6 is 0 Å². The third kappa shape index (κ3) is 3.57. The second-order valence-electron chi connectivity index (χ2n) is 4.10. The third-order valence-electron chi connectivity index (χ3n) is 2.64. The fourth-order valence-electron chi connectivity index (χ4n) is 1.58. The van der Waals surface area contributed by atoms with Gasteiger partial charge in [0, 0.05) is 11.6 Å². The van der Waals surface area contributed by atoms with Crippen molar-refractivity contribution in [2.24, 2.45) is 0 Å². The zero-order chi connectivity index (χ0) is 14.0. The summed E-state index contributed by atoms with van der Waals surface area (Å²) in [6.45, 7) is 0.158. The van der Waals surface area contributed by atoms with E-state index in [1.165, 1.54) is 13.2 Å². The Kier molecular flexibility index (Phi) is 3.96. The second-order valence-corrected chi connectivity index (χ2v) is 4.10. The van der Waals surface area contributed by atoms with Crippen LogP contribution in [0, 0.1) is 5.82 Å². The van der Waals surface area contributed by atoms with Gasteiger partial charge in [-0.25, -0.2) is 4.39 Å². The first-order valence-electron chi connectivity index (χ1n) is 5.55. The molecule has 1 heterocycles. The maximum Gasteiger partial charge on any atom is 0.418 e. The van der Waals surface area contributed by atoms with Gasteiger partial charge in [0.25, 0.3) is 0 Å². The largest absolute Gasteiger partial charge is 0.497 e. The summed E-state index contributed by atoms with van der Waals surface area (Å²) in [6.07, 6.45) is -7.32. The predicted molar refractivity (Wildman–Crippen MR) is 57.4 cm³/mol. The van der Waals surface area contributed by atoms with Crippen molar-refractivity contribution in [1.82, 2.24) is 0 Å². The molecule has 0 bridgehead atoms. The van der Waals surface area contributed by atoms with Crippen molar-refractivity contribution in [1.29, 1.82) is 0 Å². The molecular weight excluding hydrogens is 268 g/mol. The molecule has 0 amide bonds. The molecule has 1 saturated heterocycles. The minimum absolute atomic E-state index is 0.146. The molecule has 0 unspecified atom stereocenters. The van der Waals surface area contributed by atoms with E-state index in [9.17, 15) is 17.6 Å². The highest BCUT2D eigenvalue weighted by molar-refractivity contribution is 5.31. The molecule has 1 aliphatic rings. The highest BCUT2D eigenvalue weighted by Crippen LogP contribution is 2.38. The van der Waals surface area contributed by atoms with Crippen LogP contribution in [0.4, 0.5) is 17.6 Å². The summed E-state index contributed by atoms with van der Waals surface area (Å²) in [7, 11) is 1.30. The number of rotatable bonds is 5. The molecule has 106 valence electrons. The molecule has 0 N–H and O–H groups in total. The molecule has 19 heavy (non-hydrogen) atoms. The van der Waals surface area contributed by atoms with E-state index in [1.54, 1.807) is 0 Å². The highest BCUT2D eigenvalue weighted by Gasteiger charge is 2.44. The van der Waals surface area contributed by atoms with Gasteiger partial charge in [0.2, 0.25) is 0 Å². The molecule has 1 aromatic rings. The summed E-state index contributed by atoms with van der Waals surface area (Å²) < 4.78 is 66.5. The average Bonchev–Trinajstić information content (AvgIpc) is 3.13. The Morgan fingerprint density at radius 2 is 2.11 bits per heavy atom. The maximum atomic E-state index is 13.7. The first-order valence-corrected chi connectivity index (χ1v) is 5.55. The summed E-state index contributed by atoms with van der Waals surface area (Å²) in [5.41, 5.74) is -0.561. The number of ether oxygens (including phenoxy) is 3. The van der Waals surface area contributed by atoms with Gasteiger partial charge in [-0.1, -0.05) is 0 Å². The lowest BCUT2D eigenvalue weighted by Gasteiger charge is -2.21. The Bertz CT molecular complexity index is 443. The van der Waals surface area contributed by atoms with Crippen LogP contribution in [0.5, 0.6) is 5.75 Å². The molecular formula is C12H12F4O3. The number of benzene rings is 1. The van der Waals surface area contributed by atoms with E-state index in [0.29, 0.717) is 6.61 Å². The van der Waals surface area contributed by atoms with E-state index >= 15 is 0 Å². The summed E-state index contributed by atoms with van der Waals surface area (Å²) in [4.78, 5) is 0. The van der Waals surface area contributed by atoms with Gasteiger partial charge in [-0.05, 0) is 12.1 Å². The molecule has 0 spiro atoms. The topological polar surface area (TPSA) is 31.0 Å². The van der Waals surface area contributed by atoms with Crippen molar-refractivity contribution in [2.75, 3.05) is 20.3 Å². The quantitative estimate of drug-likeness (QED) is 0.614. The van der Waals surface area contributed by atoms with Crippen LogP contribution in [0.3, 0.4) is 0 Å². The summed E-state index contributed by atoms with van der Waals surface area (Å²) in [5, 5.41) is 0. The van der Waals surface area contributed by atoms with E-state index in [-0.39, 0.29) is 18.5 Å². The zero-order valence-corrected chi connectivity index (χ0v) is 10.0. The van der Waals surface area contributed by atoms with Crippen molar-refractivity contribution < 1.29 is 31.8 Å². The predicted octanol–water partition coefficient (Wildman–Crippen LogP) is 2.85. The fraction of sp³-hybridized carbons (Fsp3) is 0.500. The minimum atomic E-state index is -4.69. The van der Waals surface area contributed by atoms with Gasteiger partial charge in [0.1, 0.15) is 17.7 Å². The van der Waals surface area contributed by atoms with Crippen LogP contribution < -0.4 is 4.74 Å². The van der Waals surface area contributed by atoms with E-state index in [4.69, 9.17) is 14.2 Å². The van der Waals surface area contributed by atoms with Crippen LogP contribution in [-0.2, 0) is 9.47 Å². The maximum absolute atomic E-state index is 13.7. The normalized spacial score (nSPS) is 20.2. The fourth-order valence-corrected chi connectivity index (χ4v) is 1.58. The standard InChI is InChI=1S/C12H12F4O3/c1-17-7-2-3-9(10(13)4-7)11(12(14,15)16)19-6-8-5-18-8/h2-4,8,11H,5-6H2,1H3/t8-,11+/m0/s1. The van der Waals surface area contributed by atoms with Gasteiger partial charge in [-0.2, -0.15) is 13.2 Å². The lowest BCUT2D eigenvalue weighted by Crippen LogP contribution is -2.26. The van der Waals surface area contributed by atoms with E-state index in [1.807, 2.05) is 0 Å². The SMILES string of the molecule is COc1ccc([C@@H](OC[C@@H]2CO2)C(F)(F)F)c(F)c1. The summed E-state index contributed by atoms with van der Waals surface area (Å²) in [6, 6.07) is 3.17. The average molecular weight is 280 g/mol. The van der Waals surface area contributed by atoms with Crippen LogP contribution in [0.15, 0.2) is 18.2 Å². The molecule has 1 aliphatic heterocycles. The third-order valence-corrected chi connectivity index (χ3v) is 2.64. The first kappa shape index (κ1) is 14.1. The number of epoxide rings is 1. The van der Waals surface area contributed by atoms with Crippen molar-refractivity contribution in [3.05, 3.63) is 29.6 Å². The molecule has 2 rings (SSSR count). The molecule has 2 atom stereocenters. The van der Waals surface area contributed by atoms with Gasteiger partial charge in [-0.15, -0.1) is 0 Å². The first-order chi connectivity index (χ1) is 8.91. The van der Waals surface area contributed by atoms with Crippen LogP contribution in [-0.4, -0.2) is 32.6 Å². The zero-order valence-electron chi connectivity index (χ0n) is 10.0. The minimum Gasteiger partial charge on any atom is -0.497 e. The van der Waals surface area contributed by atoms with Crippen molar-refractivity contribution in [3.8, 4) is 5.75 Å². The Morgan fingerprint density at radius 1 is 1.42 bits per heavy atom. The van der Waals surface area contributed by atoms with Gasteiger partial charge in [0.05, 0.1) is 20.3 Å². The molecule has 1 aromatic carbocycles. The van der Waals surface area contributed by atoms with E-state index in [0.717, 1.165) is 12.1 Å². The van der Waals surface area contributed by atoms with Gasteiger partial charge >= 0.3 is 6.18 Å². The number of methoxy groups -OCH3 is 1.